The monoisotopic (exact) mass is 185 g/mol. The molecule has 62 valence electrons. The molecule has 0 aliphatic rings. The lowest BCUT2D eigenvalue weighted by Crippen LogP contribution is -1.87. The highest BCUT2D eigenvalue weighted by Gasteiger charge is 2.10. The molecule has 2 nitrogen and oxygen atoms in total. The molecule has 0 spiro atoms. The molecule has 0 radical (unpaired) electrons. The molecule has 0 amide bonds. The van der Waals surface area contributed by atoms with Gasteiger partial charge in [-0.1, -0.05) is 11.6 Å². The maximum absolute atomic E-state index is 12.7. The van der Waals surface area contributed by atoms with Crippen LogP contribution in [0, 0.1) is 17.1 Å². The van der Waals surface area contributed by atoms with Crippen LogP contribution in [0.2, 0.25) is 5.02 Å². The van der Waals surface area contributed by atoms with Gasteiger partial charge >= 0.3 is 0 Å². The van der Waals surface area contributed by atoms with Crippen LogP contribution in [0.3, 0.4) is 0 Å². The Morgan fingerprint density at radius 3 is 2.83 bits per heavy atom. The number of aromatic hydroxyl groups is 1. The highest BCUT2D eigenvalue weighted by molar-refractivity contribution is 6.31. The summed E-state index contributed by atoms with van der Waals surface area (Å²) in [6, 6.07) is 4.14. The third kappa shape index (κ3) is 1.49. The third-order valence-electron chi connectivity index (χ3n) is 1.43. The Balaban J connectivity index is 3.25. The molecule has 1 rings (SSSR count). The van der Waals surface area contributed by atoms with Gasteiger partial charge in [-0.15, -0.1) is 0 Å². The molecule has 0 bridgehead atoms. The van der Waals surface area contributed by atoms with Crippen molar-refractivity contribution in [2.75, 3.05) is 0 Å². The molecule has 0 heterocycles. The zero-order chi connectivity index (χ0) is 9.14. The smallest absolute Gasteiger partial charge is 0.165 e. The minimum Gasteiger partial charge on any atom is -0.505 e. The van der Waals surface area contributed by atoms with E-state index in [2.05, 4.69) is 0 Å². The van der Waals surface area contributed by atoms with Gasteiger partial charge < -0.3 is 5.11 Å². The molecule has 1 aromatic carbocycles. The minimum atomic E-state index is -0.760. The van der Waals surface area contributed by atoms with Crippen molar-refractivity contribution in [1.82, 2.24) is 0 Å². The van der Waals surface area contributed by atoms with Gasteiger partial charge in [-0.2, -0.15) is 5.26 Å². The Morgan fingerprint density at radius 1 is 1.58 bits per heavy atom. The summed E-state index contributed by atoms with van der Waals surface area (Å²) in [5.74, 6) is -1.30. The average molecular weight is 186 g/mol. The van der Waals surface area contributed by atoms with E-state index in [-0.39, 0.29) is 17.0 Å². The van der Waals surface area contributed by atoms with Crippen LogP contribution in [-0.4, -0.2) is 5.11 Å². The van der Waals surface area contributed by atoms with Crippen LogP contribution in [0.1, 0.15) is 5.56 Å². The Morgan fingerprint density at radius 2 is 2.25 bits per heavy atom. The van der Waals surface area contributed by atoms with Crippen molar-refractivity contribution in [2.24, 2.45) is 0 Å². The van der Waals surface area contributed by atoms with E-state index in [1.54, 1.807) is 6.07 Å². The number of hydrogen-bond acceptors (Lipinski definition) is 2. The van der Waals surface area contributed by atoms with Crippen LogP contribution < -0.4 is 0 Å². The highest BCUT2D eigenvalue weighted by Crippen LogP contribution is 2.28. The number of phenolic OH excluding ortho intramolecular Hbond substituents is 1. The van der Waals surface area contributed by atoms with Gasteiger partial charge in [0.15, 0.2) is 11.6 Å². The normalized spacial score (nSPS) is 9.42. The van der Waals surface area contributed by atoms with E-state index >= 15 is 0 Å². The largest absolute Gasteiger partial charge is 0.505 e. The fourth-order valence-electron chi connectivity index (χ4n) is 0.830. The number of benzene rings is 1. The molecule has 0 atom stereocenters. The van der Waals surface area contributed by atoms with Crippen LogP contribution in [0.5, 0.6) is 5.75 Å². The van der Waals surface area contributed by atoms with Gasteiger partial charge in [0.25, 0.3) is 0 Å². The van der Waals surface area contributed by atoms with Crippen molar-refractivity contribution in [2.45, 2.75) is 6.42 Å². The molecule has 1 N–H and O–H groups in total. The second-order valence-electron chi connectivity index (χ2n) is 2.19. The molecule has 0 aliphatic heterocycles. The molecule has 12 heavy (non-hydrogen) atoms. The fraction of sp³-hybridized carbons (Fsp3) is 0.125. The van der Waals surface area contributed by atoms with Crippen LogP contribution in [0.4, 0.5) is 4.39 Å². The Kier molecular flexibility index (Phi) is 2.51. The van der Waals surface area contributed by atoms with E-state index in [1.165, 1.54) is 6.07 Å². The van der Waals surface area contributed by atoms with Crippen LogP contribution in [-0.2, 0) is 6.42 Å². The predicted molar refractivity (Wildman–Crippen MR) is 42.4 cm³/mol. The summed E-state index contributed by atoms with van der Waals surface area (Å²) in [5.41, 5.74) is 0.138. The van der Waals surface area contributed by atoms with E-state index in [4.69, 9.17) is 22.0 Å². The molecular weight excluding hydrogens is 181 g/mol. The summed E-state index contributed by atoms with van der Waals surface area (Å²) in [6.07, 6.45) is -0.0948. The summed E-state index contributed by atoms with van der Waals surface area (Å²) >= 11 is 5.60. The van der Waals surface area contributed by atoms with Crippen LogP contribution >= 0.6 is 11.6 Å². The first-order chi connectivity index (χ1) is 5.66. The molecule has 0 saturated carbocycles. The lowest BCUT2D eigenvalue weighted by molar-refractivity contribution is 0.427. The molecule has 4 heteroatoms. The number of nitriles is 1. The first-order valence-electron chi connectivity index (χ1n) is 3.19. The van der Waals surface area contributed by atoms with E-state index in [1.807, 2.05) is 0 Å². The average Bonchev–Trinajstić information content (AvgIpc) is 2.06. The third-order valence-corrected chi connectivity index (χ3v) is 1.79. The van der Waals surface area contributed by atoms with E-state index in [9.17, 15) is 4.39 Å². The lowest BCUT2D eigenvalue weighted by Gasteiger charge is -2.02. The SMILES string of the molecule is N#CCc1c(Cl)ccc(F)c1O. The summed E-state index contributed by atoms with van der Waals surface area (Å²) in [5, 5.41) is 17.6. The van der Waals surface area contributed by atoms with Gasteiger partial charge in [0.1, 0.15) is 0 Å². The zero-order valence-corrected chi connectivity index (χ0v) is 6.77. The van der Waals surface area contributed by atoms with Crippen LogP contribution in [0.25, 0.3) is 0 Å². The standard InChI is InChI=1S/C8H5ClFNO/c9-6-1-2-7(10)8(12)5(6)3-4-11/h1-2,12H,3H2. The summed E-state index contributed by atoms with van der Waals surface area (Å²) in [6.45, 7) is 0. The first kappa shape index (κ1) is 8.82. The van der Waals surface area contributed by atoms with E-state index in [0.29, 0.717) is 0 Å². The topological polar surface area (TPSA) is 44.0 Å². The van der Waals surface area contributed by atoms with Gasteiger partial charge in [-0.3, -0.25) is 0 Å². The fourth-order valence-corrected chi connectivity index (χ4v) is 1.05. The molecule has 0 aliphatic carbocycles. The van der Waals surface area contributed by atoms with Gasteiger partial charge in [0, 0.05) is 10.6 Å². The maximum atomic E-state index is 12.7. The number of phenols is 1. The quantitative estimate of drug-likeness (QED) is 0.729. The first-order valence-corrected chi connectivity index (χ1v) is 3.57. The molecule has 0 unspecified atom stereocenters. The Hall–Kier alpha value is -1.27. The molecule has 0 aromatic heterocycles. The second kappa shape index (κ2) is 3.42. The van der Waals surface area contributed by atoms with Crippen molar-refractivity contribution in [3.63, 3.8) is 0 Å². The van der Waals surface area contributed by atoms with E-state index in [0.717, 1.165) is 6.07 Å². The number of halogens is 2. The molecule has 0 fully saturated rings. The van der Waals surface area contributed by atoms with Crippen molar-refractivity contribution >= 4 is 11.6 Å². The summed E-state index contributed by atoms with van der Waals surface area (Å²) in [7, 11) is 0. The van der Waals surface area contributed by atoms with Gasteiger partial charge in [0.2, 0.25) is 0 Å². The molecule has 0 saturated heterocycles. The maximum Gasteiger partial charge on any atom is 0.165 e. The zero-order valence-electron chi connectivity index (χ0n) is 6.01. The minimum absolute atomic E-state index is 0.0948. The van der Waals surface area contributed by atoms with Crippen molar-refractivity contribution in [3.8, 4) is 11.8 Å². The van der Waals surface area contributed by atoms with E-state index < -0.39 is 11.6 Å². The molecule has 1 aromatic rings. The Labute approximate surface area is 73.8 Å². The number of nitrogens with zero attached hydrogens (tertiary/aromatic N) is 1. The van der Waals surface area contributed by atoms with Crippen molar-refractivity contribution in [1.29, 1.82) is 5.26 Å². The van der Waals surface area contributed by atoms with Gasteiger partial charge in [-0.05, 0) is 12.1 Å². The van der Waals surface area contributed by atoms with Crippen molar-refractivity contribution in [3.05, 3.63) is 28.5 Å². The molecular formula is C8H5ClFNO. The summed E-state index contributed by atoms with van der Waals surface area (Å²) in [4.78, 5) is 0. The lowest BCUT2D eigenvalue weighted by atomic mass is 10.1. The second-order valence-corrected chi connectivity index (χ2v) is 2.60. The van der Waals surface area contributed by atoms with Gasteiger partial charge in [0.05, 0.1) is 12.5 Å². The van der Waals surface area contributed by atoms with Crippen LogP contribution in [0.15, 0.2) is 12.1 Å². The van der Waals surface area contributed by atoms with Gasteiger partial charge in [-0.25, -0.2) is 4.39 Å². The number of rotatable bonds is 1. The summed E-state index contributed by atoms with van der Waals surface area (Å²) < 4.78 is 12.7. The number of hydrogen-bond donors (Lipinski definition) is 1. The highest BCUT2D eigenvalue weighted by atomic mass is 35.5. The Bertz CT molecular complexity index is 346. The van der Waals surface area contributed by atoms with Crippen molar-refractivity contribution < 1.29 is 9.50 Å². The predicted octanol–water partition coefficient (Wildman–Crippen LogP) is 2.25.